The van der Waals surface area contributed by atoms with E-state index in [1.165, 1.54) is 0 Å². The molecule has 1 amide bonds. The van der Waals surface area contributed by atoms with Crippen LogP contribution in [0.2, 0.25) is 0 Å². The topological polar surface area (TPSA) is 96.2 Å². The SMILES string of the molecule is CNC(=O)CN(C)c1cc(NN)nc(C)n1. The van der Waals surface area contributed by atoms with E-state index in [-0.39, 0.29) is 12.5 Å². The third-order valence-electron chi connectivity index (χ3n) is 2.02. The molecule has 0 saturated heterocycles. The van der Waals surface area contributed by atoms with E-state index in [1.54, 1.807) is 32.0 Å². The zero-order valence-corrected chi connectivity index (χ0v) is 9.61. The largest absolute Gasteiger partial charge is 0.358 e. The van der Waals surface area contributed by atoms with Crippen molar-refractivity contribution < 1.29 is 4.79 Å². The minimum Gasteiger partial charge on any atom is -0.358 e. The number of rotatable bonds is 4. The number of nitrogens with one attached hydrogen (secondary N) is 2. The number of nitrogen functional groups attached to an aromatic ring is 1. The number of carbonyl (C=O) groups is 1. The third-order valence-corrected chi connectivity index (χ3v) is 2.02. The van der Waals surface area contributed by atoms with Crippen LogP contribution < -0.4 is 21.5 Å². The molecule has 0 aliphatic carbocycles. The van der Waals surface area contributed by atoms with Crippen LogP contribution in [0.25, 0.3) is 0 Å². The second-order valence-corrected chi connectivity index (χ2v) is 3.33. The Balaban J connectivity index is 2.86. The Labute approximate surface area is 94.0 Å². The first-order valence-corrected chi connectivity index (χ1v) is 4.81. The fraction of sp³-hybridized carbons (Fsp3) is 0.444. The fourth-order valence-electron chi connectivity index (χ4n) is 1.20. The van der Waals surface area contributed by atoms with Crippen molar-refractivity contribution in [3.05, 3.63) is 11.9 Å². The van der Waals surface area contributed by atoms with Crippen molar-refractivity contribution in [2.24, 2.45) is 5.84 Å². The van der Waals surface area contributed by atoms with Crippen LogP contribution in [0.4, 0.5) is 11.6 Å². The summed E-state index contributed by atoms with van der Waals surface area (Å²) in [5.74, 6) is 6.95. The number of nitrogens with zero attached hydrogens (tertiary/aromatic N) is 3. The van der Waals surface area contributed by atoms with Gasteiger partial charge < -0.3 is 15.6 Å². The molecular weight excluding hydrogens is 208 g/mol. The maximum absolute atomic E-state index is 11.2. The van der Waals surface area contributed by atoms with Gasteiger partial charge in [-0.1, -0.05) is 0 Å². The molecule has 0 atom stereocenters. The van der Waals surface area contributed by atoms with Gasteiger partial charge >= 0.3 is 0 Å². The lowest BCUT2D eigenvalue weighted by Crippen LogP contribution is -2.33. The highest BCUT2D eigenvalue weighted by atomic mass is 16.1. The number of amides is 1. The highest BCUT2D eigenvalue weighted by Gasteiger charge is 2.09. The van der Waals surface area contributed by atoms with E-state index >= 15 is 0 Å². The fourth-order valence-corrected chi connectivity index (χ4v) is 1.20. The number of hydrogen-bond donors (Lipinski definition) is 3. The number of hydrazine groups is 1. The molecule has 1 rings (SSSR count). The summed E-state index contributed by atoms with van der Waals surface area (Å²) in [6, 6.07) is 1.68. The van der Waals surface area contributed by atoms with E-state index in [9.17, 15) is 4.79 Å². The van der Waals surface area contributed by atoms with E-state index in [2.05, 4.69) is 20.7 Å². The van der Waals surface area contributed by atoms with Crippen LogP contribution in [-0.4, -0.2) is 36.5 Å². The summed E-state index contributed by atoms with van der Waals surface area (Å²) < 4.78 is 0. The molecule has 0 aliphatic rings. The zero-order valence-electron chi connectivity index (χ0n) is 9.61. The molecule has 88 valence electrons. The maximum atomic E-state index is 11.2. The number of carbonyl (C=O) groups excluding carboxylic acids is 1. The maximum Gasteiger partial charge on any atom is 0.239 e. The summed E-state index contributed by atoms with van der Waals surface area (Å²) >= 11 is 0. The first kappa shape index (κ1) is 12.2. The predicted octanol–water partition coefficient (Wildman–Crippen LogP) is -0.747. The van der Waals surface area contributed by atoms with Crippen molar-refractivity contribution in [3.8, 4) is 0 Å². The molecule has 0 bridgehead atoms. The van der Waals surface area contributed by atoms with E-state index in [1.807, 2.05) is 0 Å². The van der Waals surface area contributed by atoms with E-state index in [0.717, 1.165) is 0 Å². The van der Waals surface area contributed by atoms with E-state index in [4.69, 9.17) is 5.84 Å². The molecule has 1 heterocycles. The highest BCUT2D eigenvalue weighted by Crippen LogP contribution is 2.13. The smallest absolute Gasteiger partial charge is 0.239 e. The van der Waals surface area contributed by atoms with Crippen molar-refractivity contribution in [2.75, 3.05) is 31.0 Å². The summed E-state index contributed by atoms with van der Waals surface area (Å²) in [5.41, 5.74) is 2.45. The molecule has 0 saturated carbocycles. The van der Waals surface area contributed by atoms with E-state index < -0.39 is 0 Å². The van der Waals surface area contributed by atoms with Gasteiger partial charge in [0.25, 0.3) is 0 Å². The average Bonchev–Trinajstić information content (AvgIpc) is 2.27. The van der Waals surface area contributed by atoms with Crippen molar-refractivity contribution >= 4 is 17.5 Å². The van der Waals surface area contributed by atoms with Crippen molar-refractivity contribution in [2.45, 2.75) is 6.92 Å². The molecule has 7 nitrogen and oxygen atoms in total. The Kier molecular flexibility index (Phi) is 4.01. The Hall–Kier alpha value is -1.89. The van der Waals surface area contributed by atoms with Crippen LogP contribution in [0.5, 0.6) is 0 Å². The molecule has 1 aromatic heterocycles. The Morgan fingerprint density at radius 2 is 2.25 bits per heavy atom. The molecule has 0 unspecified atom stereocenters. The number of anilines is 2. The molecule has 4 N–H and O–H groups in total. The number of aryl methyl sites for hydroxylation is 1. The van der Waals surface area contributed by atoms with Gasteiger partial charge in [-0.25, -0.2) is 15.8 Å². The molecule has 1 aromatic rings. The van der Waals surface area contributed by atoms with Gasteiger partial charge in [0.15, 0.2) is 0 Å². The number of nitrogens with two attached hydrogens (primary N) is 1. The number of hydrogen-bond acceptors (Lipinski definition) is 6. The summed E-state index contributed by atoms with van der Waals surface area (Å²) in [5, 5.41) is 2.54. The van der Waals surface area contributed by atoms with Gasteiger partial charge in [-0.15, -0.1) is 0 Å². The Morgan fingerprint density at radius 1 is 1.56 bits per heavy atom. The first-order valence-electron chi connectivity index (χ1n) is 4.81. The lowest BCUT2D eigenvalue weighted by molar-refractivity contribution is -0.119. The molecule has 0 aromatic carbocycles. The van der Waals surface area contributed by atoms with Gasteiger partial charge in [-0.2, -0.15) is 0 Å². The molecule has 16 heavy (non-hydrogen) atoms. The molecule has 7 heteroatoms. The molecule has 0 spiro atoms. The van der Waals surface area contributed by atoms with Gasteiger partial charge in [0.1, 0.15) is 17.5 Å². The molecule has 0 radical (unpaired) electrons. The van der Waals surface area contributed by atoms with Crippen molar-refractivity contribution in [3.63, 3.8) is 0 Å². The summed E-state index contributed by atoms with van der Waals surface area (Å²) in [6.07, 6.45) is 0. The molecular formula is C9H16N6O. The second-order valence-electron chi connectivity index (χ2n) is 3.33. The van der Waals surface area contributed by atoms with E-state index in [0.29, 0.717) is 17.5 Å². The monoisotopic (exact) mass is 224 g/mol. The van der Waals surface area contributed by atoms with Crippen LogP contribution >= 0.6 is 0 Å². The van der Waals surface area contributed by atoms with Gasteiger partial charge in [-0.05, 0) is 6.92 Å². The minimum absolute atomic E-state index is 0.0824. The van der Waals surface area contributed by atoms with Crippen molar-refractivity contribution in [1.82, 2.24) is 15.3 Å². The van der Waals surface area contributed by atoms with Crippen molar-refractivity contribution in [1.29, 1.82) is 0 Å². The number of likely N-dealkylation sites (N-methyl/N-ethyl adjacent to an activating group) is 2. The predicted molar refractivity (Wildman–Crippen MR) is 61.9 cm³/mol. The van der Waals surface area contributed by atoms with Gasteiger partial charge in [0.2, 0.25) is 5.91 Å². The Morgan fingerprint density at radius 3 is 2.81 bits per heavy atom. The average molecular weight is 224 g/mol. The lowest BCUT2D eigenvalue weighted by Gasteiger charge is -2.17. The normalized spacial score (nSPS) is 9.75. The summed E-state index contributed by atoms with van der Waals surface area (Å²) in [4.78, 5) is 21.2. The van der Waals surface area contributed by atoms with Crippen LogP contribution in [0, 0.1) is 6.92 Å². The minimum atomic E-state index is -0.0824. The first-order chi connectivity index (χ1) is 7.56. The Bertz CT molecular complexity index is 380. The highest BCUT2D eigenvalue weighted by molar-refractivity contribution is 5.80. The van der Waals surface area contributed by atoms with Crippen LogP contribution in [-0.2, 0) is 4.79 Å². The summed E-state index contributed by atoms with van der Waals surface area (Å²) in [7, 11) is 3.37. The summed E-state index contributed by atoms with van der Waals surface area (Å²) in [6.45, 7) is 2.00. The standard InChI is InChI=1S/C9H16N6O/c1-6-12-7(14-10)4-8(13-6)15(3)5-9(16)11-2/h4H,5,10H2,1-3H3,(H,11,16)(H,12,13,14). The lowest BCUT2D eigenvalue weighted by atomic mass is 10.4. The van der Waals surface area contributed by atoms with Crippen LogP contribution in [0.15, 0.2) is 6.07 Å². The quantitative estimate of drug-likeness (QED) is 0.460. The molecule has 0 fully saturated rings. The zero-order chi connectivity index (χ0) is 12.1. The van der Waals surface area contributed by atoms with Crippen LogP contribution in [0.3, 0.4) is 0 Å². The van der Waals surface area contributed by atoms with Crippen LogP contribution in [0.1, 0.15) is 5.82 Å². The second kappa shape index (κ2) is 5.26. The van der Waals surface area contributed by atoms with Gasteiger partial charge in [-0.3, -0.25) is 4.79 Å². The molecule has 0 aliphatic heterocycles. The third kappa shape index (κ3) is 3.06. The van der Waals surface area contributed by atoms with Gasteiger partial charge in [0, 0.05) is 20.2 Å². The number of aromatic nitrogens is 2. The van der Waals surface area contributed by atoms with Gasteiger partial charge in [0.05, 0.1) is 6.54 Å².